The zero-order valence-electron chi connectivity index (χ0n) is 25.2. The quantitative estimate of drug-likeness (QED) is 0.444. The van der Waals surface area contributed by atoms with E-state index < -0.39 is 18.2 Å². The van der Waals surface area contributed by atoms with Crippen molar-refractivity contribution in [3.63, 3.8) is 0 Å². The molecule has 12 heteroatoms. The van der Waals surface area contributed by atoms with Gasteiger partial charge in [-0.2, -0.15) is 0 Å². The van der Waals surface area contributed by atoms with Gasteiger partial charge >= 0.3 is 6.09 Å². The van der Waals surface area contributed by atoms with Crippen LogP contribution in [0.15, 0.2) is 41.8 Å². The molecule has 4 amide bonds. The summed E-state index contributed by atoms with van der Waals surface area (Å²) >= 11 is 7.76. The van der Waals surface area contributed by atoms with Crippen LogP contribution in [0.4, 0.5) is 4.79 Å². The van der Waals surface area contributed by atoms with E-state index in [1.165, 1.54) is 11.3 Å². The van der Waals surface area contributed by atoms with Crippen molar-refractivity contribution in [3.05, 3.63) is 51.7 Å². The van der Waals surface area contributed by atoms with Crippen LogP contribution >= 0.6 is 22.9 Å². The number of piperidine rings is 1. The third-order valence-electron chi connectivity index (χ3n) is 9.02. The molecule has 1 aliphatic carbocycles. The highest BCUT2D eigenvalue weighted by atomic mass is 35.5. The van der Waals surface area contributed by atoms with Gasteiger partial charge in [-0.1, -0.05) is 49.1 Å². The minimum atomic E-state index is -0.886. The van der Waals surface area contributed by atoms with Crippen molar-refractivity contribution in [1.29, 1.82) is 0 Å². The van der Waals surface area contributed by atoms with Crippen LogP contribution in [0.2, 0.25) is 5.02 Å². The monoisotopic (exact) mass is 643 g/mol. The number of hydrogen-bond donors (Lipinski definition) is 2. The first-order valence-electron chi connectivity index (χ1n) is 15.6. The molecule has 5 rings (SSSR count). The fourth-order valence-corrected chi connectivity index (χ4v) is 7.31. The van der Waals surface area contributed by atoms with E-state index in [9.17, 15) is 19.2 Å². The molecule has 238 valence electrons. The van der Waals surface area contributed by atoms with Crippen LogP contribution in [0, 0.1) is 5.92 Å². The normalized spacial score (nSPS) is 20.7. The lowest BCUT2D eigenvalue weighted by atomic mass is 9.86. The van der Waals surface area contributed by atoms with E-state index in [0.29, 0.717) is 24.7 Å². The Labute approximate surface area is 268 Å². The van der Waals surface area contributed by atoms with Gasteiger partial charge in [0.2, 0.25) is 17.7 Å². The summed E-state index contributed by atoms with van der Waals surface area (Å²) < 4.78 is 5.58. The maximum absolute atomic E-state index is 14.5. The molecule has 0 spiro atoms. The number of benzene rings is 1. The number of carbonyl (C=O) groups is 4. The molecule has 1 unspecified atom stereocenters. The number of ether oxygens (including phenoxy) is 1. The van der Waals surface area contributed by atoms with E-state index in [1.54, 1.807) is 47.4 Å². The average Bonchev–Trinajstić information content (AvgIpc) is 3.57. The van der Waals surface area contributed by atoms with Crippen molar-refractivity contribution in [2.75, 3.05) is 32.7 Å². The third kappa shape index (κ3) is 8.11. The molecule has 0 bridgehead atoms. The van der Waals surface area contributed by atoms with E-state index in [4.69, 9.17) is 16.3 Å². The molecule has 2 aliphatic heterocycles. The average molecular weight is 644 g/mol. The zero-order valence-corrected chi connectivity index (χ0v) is 26.8. The highest BCUT2D eigenvalue weighted by Gasteiger charge is 2.43. The lowest BCUT2D eigenvalue weighted by molar-refractivity contribution is -0.147. The predicted molar refractivity (Wildman–Crippen MR) is 169 cm³/mol. The summed E-state index contributed by atoms with van der Waals surface area (Å²) in [6.07, 6.45) is 6.30. The molecule has 2 saturated heterocycles. The number of piperazine rings is 1. The van der Waals surface area contributed by atoms with Gasteiger partial charge in [-0.15, -0.1) is 11.3 Å². The Hall–Kier alpha value is -3.15. The number of hydrogen-bond acceptors (Lipinski definition) is 7. The van der Waals surface area contributed by atoms with E-state index >= 15 is 0 Å². The second-order valence-corrected chi connectivity index (χ2v) is 13.4. The summed E-state index contributed by atoms with van der Waals surface area (Å²) in [5, 5.41) is 8.96. The van der Waals surface area contributed by atoms with E-state index in [1.807, 2.05) is 22.4 Å². The number of amides is 4. The molecule has 3 aliphatic rings. The first kappa shape index (κ1) is 32.2. The summed E-state index contributed by atoms with van der Waals surface area (Å²) in [5.74, 6) is -0.103. The molecule has 2 atom stereocenters. The number of carbonyl (C=O) groups excluding carboxylic acids is 4. The van der Waals surface area contributed by atoms with Crippen molar-refractivity contribution >= 4 is 46.8 Å². The van der Waals surface area contributed by atoms with Gasteiger partial charge in [-0.3, -0.25) is 14.4 Å². The minimum absolute atomic E-state index is 0.00420. The smallest absolute Gasteiger partial charge is 0.409 e. The molecule has 0 radical (unpaired) electrons. The highest BCUT2D eigenvalue weighted by Crippen LogP contribution is 2.28. The van der Waals surface area contributed by atoms with Crippen LogP contribution in [0.5, 0.6) is 5.75 Å². The molecule has 10 nitrogen and oxygen atoms in total. The summed E-state index contributed by atoms with van der Waals surface area (Å²) in [5.41, 5.74) is 0. The number of halogens is 1. The first-order chi connectivity index (χ1) is 21.3. The van der Waals surface area contributed by atoms with Gasteiger partial charge < -0.3 is 30.1 Å². The number of likely N-dealkylation sites (tertiary alicyclic amines) is 1. The minimum Gasteiger partial charge on any atom is -0.409 e. The molecule has 3 heterocycles. The van der Waals surface area contributed by atoms with E-state index in [2.05, 4.69) is 10.6 Å². The molecule has 44 heavy (non-hydrogen) atoms. The SMILES string of the molecule is CC(=O)N1CCC(C(NC2CCCCC2)C(=O)N2CCN(C(=O)Oc3ccccc3Cl)C[C@H]2C(=O)NCc2cccs2)CC1. The number of para-hydroxylation sites is 1. The van der Waals surface area contributed by atoms with Crippen LogP contribution in [-0.4, -0.2) is 89.4 Å². The van der Waals surface area contributed by atoms with Crippen LogP contribution in [-0.2, 0) is 20.9 Å². The van der Waals surface area contributed by atoms with E-state index in [0.717, 1.165) is 43.4 Å². The zero-order chi connectivity index (χ0) is 31.1. The third-order valence-corrected chi connectivity index (χ3v) is 10.2. The Morgan fingerprint density at radius 2 is 1.70 bits per heavy atom. The summed E-state index contributed by atoms with van der Waals surface area (Å²) in [4.78, 5) is 59.4. The molecule has 2 aromatic rings. The summed E-state index contributed by atoms with van der Waals surface area (Å²) in [6.45, 7) is 3.58. The Bertz CT molecular complexity index is 1300. The van der Waals surface area contributed by atoms with E-state index in [-0.39, 0.29) is 55.1 Å². The topological polar surface area (TPSA) is 111 Å². The van der Waals surface area contributed by atoms with Crippen LogP contribution in [0.3, 0.4) is 0 Å². The molecule has 1 aromatic heterocycles. The largest absolute Gasteiger partial charge is 0.415 e. The van der Waals surface area contributed by atoms with Gasteiger partial charge in [0.05, 0.1) is 24.2 Å². The second kappa shape index (κ2) is 15.2. The fraction of sp³-hybridized carbons (Fsp3) is 0.562. The molecular weight excluding hydrogens is 602 g/mol. The Morgan fingerprint density at radius 3 is 2.39 bits per heavy atom. The van der Waals surface area contributed by atoms with Crippen LogP contribution in [0.25, 0.3) is 0 Å². The number of rotatable bonds is 8. The molecule has 1 saturated carbocycles. The van der Waals surface area contributed by atoms with Gasteiger partial charge in [-0.25, -0.2) is 4.79 Å². The van der Waals surface area contributed by atoms with Crippen LogP contribution < -0.4 is 15.4 Å². The van der Waals surface area contributed by atoms with Gasteiger partial charge in [-0.05, 0) is 55.2 Å². The maximum Gasteiger partial charge on any atom is 0.415 e. The summed E-state index contributed by atoms with van der Waals surface area (Å²) in [6, 6.07) is 9.48. The first-order valence-corrected chi connectivity index (χ1v) is 16.9. The molecule has 2 N–H and O–H groups in total. The van der Waals surface area contributed by atoms with Crippen molar-refractivity contribution in [2.24, 2.45) is 5.92 Å². The van der Waals surface area contributed by atoms with Gasteiger partial charge in [0.25, 0.3) is 0 Å². The predicted octanol–water partition coefficient (Wildman–Crippen LogP) is 4.28. The van der Waals surface area contributed by atoms with Crippen molar-refractivity contribution < 1.29 is 23.9 Å². The van der Waals surface area contributed by atoms with Crippen LogP contribution in [0.1, 0.15) is 56.7 Å². The molecular formula is C32H42ClN5O5S. The van der Waals surface area contributed by atoms with Gasteiger partial charge in [0.1, 0.15) is 6.04 Å². The molecule has 3 fully saturated rings. The standard InChI is InChI=1S/C32H42ClN5O5S/c1-22(39)36-15-13-23(14-16-36)29(35-24-8-3-2-4-9-24)31(41)38-18-17-37(32(42)43-28-12-6-5-11-26(28)33)21-27(38)30(40)34-20-25-10-7-19-44-25/h5-7,10-12,19,23-24,27,29,35H,2-4,8-9,13-18,20-21H2,1H3,(H,34,40)/t27-,29?/m0/s1. The summed E-state index contributed by atoms with van der Waals surface area (Å²) in [7, 11) is 0. The fourth-order valence-electron chi connectivity index (χ4n) is 6.49. The number of nitrogens with one attached hydrogen (secondary N) is 2. The Balaban J connectivity index is 1.35. The number of nitrogens with zero attached hydrogens (tertiary/aromatic N) is 3. The Kier molecular flexibility index (Phi) is 11.2. The van der Waals surface area contributed by atoms with Crippen molar-refractivity contribution in [1.82, 2.24) is 25.3 Å². The Morgan fingerprint density at radius 1 is 0.955 bits per heavy atom. The lowest BCUT2D eigenvalue weighted by Gasteiger charge is -2.44. The van der Waals surface area contributed by atoms with Crippen molar-refractivity contribution in [2.45, 2.75) is 76.5 Å². The van der Waals surface area contributed by atoms with Gasteiger partial charge in [0.15, 0.2) is 5.75 Å². The lowest BCUT2D eigenvalue weighted by Crippen LogP contribution is -2.66. The van der Waals surface area contributed by atoms with Crippen molar-refractivity contribution in [3.8, 4) is 5.75 Å². The maximum atomic E-state index is 14.5. The highest BCUT2D eigenvalue weighted by molar-refractivity contribution is 7.09. The second-order valence-electron chi connectivity index (χ2n) is 11.9. The number of thiophene rings is 1. The van der Waals surface area contributed by atoms with Gasteiger partial charge in [0, 0.05) is 44.0 Å². The molecule has 1 aromatic carbocycles.